The fraction of sp³-hybridized carbons (Fsp3) is 0.125. The van der Waals surface area contributed by atoms with E-state index in [0.29, 0.717) is 5.56 Å². The Balaban J connectivity index is 0.000000180. The van der Waals surface area contributed by atoms with Crippen LogP contribution in [0.5, 0.6) is 11.5 Å². The first kappa shape index (κ1) is 22.8. The molecule has 5 heteroatoms. The number of fused-ring (bicyclic) bond motifs is 5. The van der Waals surface area contributed by atoms with Crippen LogP contribution in [0.4, 0.5) is 0 Å². The van der Waals surface area contributed by atoms with Gasteiger partial charge in [-0.2, -0.15) is 0 Å². The van der Waals surface area contributed by atoms with E-state index in [-0.39, 0.29) is 20.1 Å². The summed E-state index contributed by atoms with van der Waals surface area (Å²) < 4.78 is 28.1. The van der Waals surface area contributed by atoms with Gasteiger partial charge in [0.1, 0.15) is 5.75 Å². The maximum atomic E-state index is 7.35. The summed E-state index contributed by atoms with van der Waals surface area (Å²) >= 11 is 0. The molecule has 0 spiro atoms. The molecular formula is C32H28IrN2OSi-2. The third kappa shape index (κ3) is 5.96. The van der Waals surface area contributed by atoms with Crippen LogP contribution in [0, 0.1) is 19.0 Å². The van der Waals surface area contributed by atoms with Crippen molar-refractivity contribution >= 4 is 13.3 Å². The maximum absolute atomic E-state index is 7.35. The molecule has 0 amide bonds. The van der Waals surface area contributed by atoms with Gasteiger partial charge in [0.25, 0.3) is 0 Å². The standard InChI is InChI=1S/C17H10NO.C15H18NSi.Ir/c1-3-9-15-12(6-1)13-8-5-11-18-17(13)14-7-2-4-10-16(14)19-15;1-12-5-7-13(8-6-12)15-10-9-14(11-16-15)17(2,3)4;/h1-6,8-11H;5-7,9-11H,1-4H3;/q2*-1;/i;1D3;. The quantitative estimate of drug-likeness (QED) is 0.139. The minimum absolute atomic E-state index is 0. The van der Waals surface area contributed by atoms with Gasteiger partial charge >= 0.3 is 0 Å². The molecule has 1 aliphatic rings. The van der Waals surface area contributed by atoms with E-state index >= 15 is 0 Å². The Bertz CT molecular complexity index is 1480. The van der Waals surface area contributed by atoms with Crippen molar-refractivity contribution in [2.45, 2.75) is 26.5 Å². The molecule has 187 valence electrons. The molecule has 0 fully saturated rings. The van der Waals surface area contributed by atoms with Crippen molar-refractivity contribution in [2.24, 2.45) is 0 Å². The number of rotatable bonds is 2. The summed E-state index contributed by atoms with van der Waals surface area (Å²) in [7, 11) is -1.34. The maximum Gasteiger partial charge on any atom is 0.121 e. The van der Waals surface area contributed by atoms with Gasteiger partial charge in [0.2, 0.25) is 0 Å². The Morgan fingerprint density at radius 1 is 0.811 bits per heavy atom. The molecule has 0 bridgehead atoms. The summed E-state index contributed by atoms with van der Waals surface area (Å²) in [5, 5.41) is 1.31. The third-order valence-corrected chi connectivity index (χ3v) is 8.01. The van der Waals surface area contributed by atoms with Crippen molar-refractivity contribution in [3.63, 3.8) is 0 Å². The molecule has 2 aromatic heterocycles. The Morgan fingerprint density at radius 2 is 1.62 bits per heavy atom. The number of aryl methyl sites for hydroxylation is 1. The average Bonchev–Trinajstić information content (AvgIpc) is 3.07. The summed E-state index contributed by atoms with van der Waals surface area (Å²) in [6.45, 7) is 4.76. The van der Waals surface area contributed by atoms with Gasteiger partial charge in [0.15, 0.2) is 0 Å². The zero-order valence-electron chi connectivity index (χ0n) is 23.9. The number of para-hydroxylation sites is 1. The number of pyridine rings is 2. The zero-order chi connectivity index (χ0) is 27.6. The van der Waals surface area contributed by atoms with Crippen LogP contribution in [0.3, 0.4) is 0 Å². The molecule has 0 saturated heterocycles. The molecule has 0 atom stereocenters. The van der Waals surface area contributed by atoms with Gasteiger partial charge < -0.3 is 14.7 Å². The summed E-state index contributed by atoms with van der Waals surface area (Å²) in [4.78, 5) is 8.98. The van der Waals surface area contributed by atoms with E-state index in [4.69, 9.17) is 8.85 Å². The zero-order valence-corrected chi connectivity index (χ0v) is 24.3. The van der Waals surface area contributed by atoms with Crippen LogP contribution in [0.1, 0.15) is 9.68 Å². The van der Waals surface area contributed by atoms with Gasteiger partial charge in [0.05, 0.1) is 8.07 Å². The van der Waals surface area contributed by atoms with E-state index in [1.807, 2.05) is 54.7 Å². The van der Waals surface area contributed by atoms with Crippen molar-refractivity contribution < 1.29 is 29.0 Å². The molecule has 3 aromatic carbocycles. The second kappa shape index (κ2) is 11.3. The second-order valence-electron chi connectivity index (χ2n) is 9.58. The molecule has 37 heavy (non-hydrogen) atoms. The Morgan fingerprint density at radius 3 is 2.35 bits per heavy atom. The van der Waals surface area contributed by atoms with E-state index in [2.05, 4.69) is 59.9 Å². The van der Waals surface area contributed by atoms with E-state index in [1.54, 1.807) is 18.3 Å². The number of ether oxygens (including phenoxy) is 1. The summed E-state index contributed by atoms with van der Waals surface area (Å²) in [5.74, 6) is 1.66. The van der Waals surface area contributed by atoms with Crippen LogP contribution in [-0.4, -0.2) is 18.0 Å². The topological polar surface area (TPSA) is 35.0 Å². The molecule has 3 nitrogen and oxygen atoms in total. The summed E-state index contributed by atoms with van der Waals surface area (Å²) in [5.41, 5.74) is 5.93. The van der Waals surface area contributed by atoms with Gasteiger partial charge in [-0.15, -0.1) is 59.7 Å². The summed E-state index contributed by atoms with van der Waals surface area (Å²) in [6.07, 6.45) is 3.73. The second-order valence-corrected chi connectivity index (χ2v) is 14.7. The van der Waals surface area contributed by atoms with Gasteiger partial charge in [-0.1, -0.05) is 68.5 Å². The fourth-order valence-corrected chi connectivity index (χ4v) is 5.03. The number of nitrogens with zero attached hydrogens (tertiary/aromatic N) is 2. The van der Waals surface area contributed by atoms with Gasteiger partial charge in [-0.3, -0.25) is 0 Å². The molecule has 1 radical (unpaired) electrons. The molecule has 0 N–H and O–H groups in total. The molecule has 6 rings (SSSR count). The molecule has 3 heterocycles. The van der Waals surface area contributed by atoms with Crippen LogP contribution in [0.25, 0.3) is 33.6 Å². The predicted molar refractivity (Wildman–Crippen MR) is 150 cm³/mol. The van der Waals surface area contributed by atoms with E-state index in [0.717, 1.165) is 45.1 Å². The summed E-state index contributed by atoms with van der Waals surface area (Å²) in [6, 6.07) is 33.0. The van der Waals surface area contributed by atoms with Crippen molar-refractivity contribution in [1.82, 2.24) is 9.97 Å². The monoisotopic (exact) mass is 680 g/mol. The predicted octanol–water partition coefficient (Wildman–Crippen LogP) is 7.72. The van der Waals surface area contributed by atoms with Crippen molar-refractivity contribution in [2.75, 3.05) is 0 Å². The molecule has 1 aliphatic heterocycles. The number of hydrogen-bond acceptors (Lipinski definition) is 3. The van der Waals surface area contributed by atoms with Gasteiger partial charge in [-0.25, -0.2) is 0 Å². The van der Waals surface area contributed by atoms with Crippen LogP contribution < -0.4 is 9.92 Å². The van der Waals surface area contributed by atoms with Crippen molar-refractivity contribution in [1.29, 1.82) is 0 Å². The Labute approximate surface area is 238 Å². The van der Waals surface area contributed by atoms with Crippen LogP contribution in [-0.2, 0) is 20.1 Å². The molecule has 0 unspecified atom stereocenters. The first-order valence-corrected chi connectivity index (χ1v) is 15.3. The SMILES string of the molecule is [2H]C([2H])([2H])c1c[c-]c(-c2ccc([Si](C)(C)C)cn2)cc1.[Ir].[c-]1cccc2c1-c1ncccc1-c1ccccc1O2. The first-order chi connectivity index (χ1) is 18.6. The first-order valence-electron chi connectivity index (χ1n) is 13.3. The number of aromatic nitrogens is 2. The van der Waals surface area contributed by atoms with Gasteiger partial charge in [-0.05, 0) is 34.3 Å². The van der Waals surface area contributed by atoms with Gasteiger partial charge in [0, 0.05) is 47.9 Å². The minimum atomic E-state index is -2.08. The molecule has 0 saturated carbocycles. The van der Waals surface area contributed by atoms with E-state index in [1.165, 1.54) is 11.3 Å². The van der Waals surface area contributed by atoms with Crippen LogP contribution in [0.2, 0.25) is 19.6 Å². The number of hydrogen-bond donors (Lipinski definition) is 0. The largest absolute Gasteiger partial charge is 0.501 e. The van der Waals surface area contributed by atoms with Crippen molar-refractivity contribution in [3.8, 4) is 45.1 Å². The Hall–Kier alpha value is -3.37. The third-order valence-electron chi connectivity index (χ3n) is 5.98. The smallest absolute Gasteiger partial charge is 0.121 e. The van der Waals surface area contributed by atoms with Crippen molar-refractivity contribution in [3.05, 3.63) is 115 Å². The molecular weight excluding hydrogens is 649 g/mol. The van der Waals surface area contributed by atoms with E-state index in [9.17, 15) is 0 Å². The molecule has 5 aromatic rings. The van der Waals surface area contributed by atoms with E-state index < -0.39 is 14.9 Å². The molecule has 0 aliphatic carbocycles. The van der Waals surface area contributed by atoms with Crippen LogP contribution in [0.15, 0.2) is 97.3 Å². The average molecular weight is 680 g/mol. The fourth-order valence-electron chi connectivity index (χ4n) is 3.99. The minimum Gasteiger partial charge on any atom is -0.501 e. The normalized spacial score (nSPS) is 12.8. The van der Waals surface area contributed by atoms with Crippen LogP contribution >= 0.6 is 0 Å². The Kier molecular flexibility index (Phi) is 6.99. The number of benzene rings is 3.